The van der Waals surface area contributed by atoms with Gasteiger partial charge in [-0.2, -0.15) is 5.10 Å². The number of aryl methyl sites for hydroxylation is 1. The molecule has 1 amide bonds. The molecule has 2 aromatic rings. The zero-order valence-corrected chi connectivity index (χ0v) is 17.3. The molecule has 2 saturated heterocycles. The summed E-state index contributed by atoms with van der Waals surface area (Å²) >= 11 is 1.45. The average Bonchev–Trinajstić information content (AvgIpc) is 3.37. The first kappa shape index (κ1) is 19.4. The minimum atomic E-state index is -0.156. The Morgan fingerprint density at radius 2 is 2.14 bits per heavy atom. The Morgan fingerprint density at radius 1 is 1.32 bits per heavy atom. The lowest BCUT2D eigenvalue weighted by Crippen LogP contribution is -2.52. The van der Waals surface area contributed by atoms with Crippen LogP contribution in [0.25, 0.3) is 0 Å². The minimum absolute atomic E-state index is 0.0430. The molecule has 8 nitrogen and oxygen atoms in total. The molecule has 9 heteroatoms. The van der Waals surface area contributed by atoms with Gasteiger partial charge in [-0.3, -0.25) is 9.48 Å². The third-order valence-electron chi connectivity index (χ3n) is 5.50. The van der Waals surface area contributed by atoms with E-state index < -0.39 is 0 Å². The first-order chi connectivity index (χ1) is 13.7. The predicted molar refractivity (Wildman–Crippen MR) is 109 cm³/mol. The molecular formula is C19H28N6O2S. The third kappa shape index (κ3) is 4.06. The van der Waals surface area contributed by atoms with Crippen molar-refractivity contribution < 1.29 is 9.53 Å². The van der Waals surface area contributed by atoms with Gasteiger partial charge < -0.3 is 19.9 Å². The largest absolute Gasteiger partial charge is 0.373 e. The number of likely N-dealkylation sites (tertiary alicyclic amines) is 1. The van der Waals surface area contributed by atoms with Crippen molar-refractivity contribution in [1.29, 1.82) is 0 Å². The third-order valence-corrected chi connectivity index (χ3v) is 6.36. The molecule has 4 heterocycles. The Kier molecular flexibility index (Phi) is 5.93. The zero-order chi connectivity index (χ0) is 19.5. The van der Waals surface area contributed by atoms with Crippen LogP contribution in [-0.4, -0.2) is 76.4 Å². The summed E-state index contributed by atoms with van der Waals surface area (Å²) < 4.78 is 7.98. The number of anilines is 1. The number of hydrogen-bond donors (Lipinski definition) is 1. The number of ether oxygens (including phenoxy) is 1. The molecule has 0 unspecified atom stereocenters. The van der Waals surface area contributed by atoms with Crippen LogP contribution >= 0.6 is 11.3 Å². The number of nitrogens with one attached hydrogen (secondary N) is 1. The van der Waals surface area contributed by atoms with Gasteiger partial charge in [-0.25, -0.2) is 4.98 Å². The number of thiazole rings is 1. The summed E-state index contributed by atoms with van der Waals surface area (Å²) in [7, 11) is 3.72. The van der Waals surface area contributed by atoms with Crippen molar-refractivity contribution in [3.63, 3.8) is 0 Å². The van der Waals surface area contributed by atoms with Crippen LogP contribution in [-0.2, 0) is 11.8 Å². The van der Waals surface area contributed by atoms with Gasteiger partial charge in [-0.05, 0) is 25.9 Å². The van der Waals surface area contributed by atoms with Gasteiger partial charge in [-0.15, -0.1) is 11.3 Å². The van der Waals surface area contributed by atoms with Gasteiger partial charge in [0.05, 0.1) is 24.9 Å². The van der Waals surface area contributed by atoms with Crippen LogP contribution in [0.5, 0.6) is 0 Å². The molecule has 2 atom stereocenters. The fourth-order valence-corrected chi connectivity index (χ4v) is 4.78. The Labute approximate surface area is 169 Å². The molecule has 0 spiro atoms. The van der Waals surface area contributed by atoms with Crippen LogP contribution in [0, 0.1) is 0 Å². The Morgan fingerprint density at radius 3 is 2.82 bits per heavy atom. The van der Waals surface area contributed by atoms with E-state index in [0.717, 1.165) is 30.3 Å². The molecule has 0 bridgehead atoms. The van der Waals surface area contributed by atoms with E-state index in [-0.39, 0.29) is 18.1 Å². The molecule has 2 fully saturated rings. The number of nitrogens with zero attached hydrogens (tertiary/aromatic N) is 5. The van der Waals surface area contributed by atoms with Crippen LogP contribution < -0.4 is 5.32 Å². The number of carbonyl (C=O) groups excluding carboxylic acids is 1. The van der Waals surface area contributed by atoms with E-state index in [0.29, 0.717) is 18.8 Å². The topological polar surface area (TPSA) is 75.5 Å². The maximum absolute atomic E-state index is 13.3. The summed E-state index contributed by atoms with van der Waals surface area (Å²) in [6, 6.07) is -0.156. The fourth-order valence-electron chi connectivity index (χ4n) is 4.13. The minimum Gasteiger partial charge on any atom is -0.373 e. The smallest absolute Gasteiger partial charge is 0.274 e. The maximum Gasteiger partial charge on any atom is 0.274 e. The number of amides is 1. The molecule has 152 valence electrons. The monoisotopic (exact) mass is 404 g/mol. The van der Waals surface area contributed by atoms with Gasteiger partial charge in [-0.1, -0.05) is 6.42 Å². The molecule has 2 aliphatic rings. The van der Waals surface area contributed by atoms with E-state index in [1.807, 2.05) is 36.8 Å². The number of carbonyl (C=O) groups is 1. The van der Waals surface area contributed by atoms with Crippen molar-refractivity contribution in [3.8, 4) is 0 Å². The SMILES string of the molecule is CNc1nc(C(=O)N2CCO[C@@H](CN3CCCCC3)[C@@H]2c2cnn(C)c2)cs1. The van der Waals surface area contributed by atoms with Crippen molar-refractivity contribution in [2.24, 2.45) is 7.05 Å². The fraction of sp³-hybridized carbons (Fsp3) is 0.632. The van der Waals surface area contributed by atoms with Gasteiger partial charge in [0.2, 0.25) is 0 Å². The van der Waals surface area contributed by atoms with Crippen LogP contribution in [0.3, 0.4) is 0 Å². The highest BCUT2D eigenvalue weighted by molar-refractivity contribution is 7.13. The van der Waals surface area contributed by atoms with Crippen molar-refractivity contribution in [2.45, 2.75) is 31.4 Å². The van der Waals surface area contributed by atoms with Crippen molar-refractivity contribution in [3.05, 3.63) is 29.0 Å². The van der Waals surface area contributed by atoms with Crippen molar-refractivity contribution in [2.75, 3.05) is 45.2 Å². The summed E-state index contributed by atoms with van der Waals surface area (Å²) in [6.07, 6.45) is 7.54. The lowest BCUT2D eigenvalue weighted by Gasteiger charge is -2.43. The Bertz CT molecular complexity index is 800. The molecule has 2 aromatic heterocycles. The Hall–Kier alpha value is -1.97. The lowest BCUT2D eigenvalue weighted by molar-refractivity contribution is -0.0742. The highest BCUT2D eigenvalue weighted by Crippen LogP contribution is 2.32. The van der Waals surface area contributed by atoms with Gasteiger partial charge in [0.25, 0.3) is 5.91 Å². The van der Waals surface area contributed by atoms with E-state index in [4.69, 9.17) is 4.74 Å². The highest BCUT2D eigenvalue weighted by atomic mass is 32.1. The van der Waals surface area contributed by atoms with E-state index in [9.17, 15) is 4.79 Å². The van der Waals surface area contributed by atoms with Crippen molar-refractivity contribution in [1.82, 2.24) is 24.6 Å². The molecule has 2 aliphatic heterocycles. The molecule has 0 radical (unpaired) electrons. The first-order valence-corrected chi connectivity index (χ1v) is 10.8. The normalized spacial score (nSPS) is 23.7. The molecular weight excluding hydrogens is 376 g/mol. The van der Waals surface area contributed by atoms with Gasteiger partial charge in [0.1, 0.15) is 5.69 Å². The van der Waals surface area contributed by atoms with E-state index in [2.05, 4.69) is 20.3 Å². The average molecular weight is 405 g/mol. The second kappa shape index (κ2) is 8.59. The molecule has 28 heavy (non-hydrogen) atoms. The van der Waals surface area contributed by atoms with Crippen LogP contribution in [0.15, 0.2) is 17.8 Å². The lowest BCUT2D eigenvalue weighted by atomic mass is 9.99. The first-order valence-electron chi connectivity index (χ1n) is 9.92. The Balaban J connectivity index is 1.60. The molecule has 0 aliphatic carbocycles. The number of hydrogen-bond acceptors (Lipinski definition) is 7. The zero-order valence-electron chi connectivity index (χ0n) is 16.5. The van der Waals surface area contributed by atoms with E-state index in [1.165, 1.54) is 30.6 Å². The molecule has 0 saturated carbocycles. The predicted octanol–water partition coefficient (Wildman–Crippen LogP) is 1.99. The van der Waals surface area contributed by atoms with E-state index in [1.54, 1.807) is 4.68 Å². The second-order valence-electron chi connectivity index (χ2n) is 7.45. The number of aromatic nitrogens is 3. The highest BCUT2D eigenvalue weighted by Gasteiger charge is 2.39. The quantitative estimate of drug-likeness (QED) is 0.821. The van der Waals surface area contributed by atoms with Gasteiger partial charge in [0.15, 0.2) is 5.13 Å². The van der Waals surface area contributed by atoms with Crippen molar-refractivity contribution >= 4 is 22.4 Å². The van der Waals surface area contributed by atoms with E-state index >= 15 is 0 Å². The number of morpholine rings is 1. The van der Waals surface area contributed by atoms with Crippen LogP contribution in [0.4, 0.5) is 5.13 Å². The standard InChI is InChI=1S/C19H28N6O2S/c1-20-19-22-15(13-28-19)18(26)25-8-9-27-16(12-24-6-4-3-5-7-24)17(25)14-10-21-23(2)11-14/h10-11,13,16-17H,3-9,12H2,1-2H3,(H,20,22)/t16-,17-/m0/s1. The number of rotatable bonds is 5. The summed E-state index contributed by atoms with van der Waals surface area (Å²) in [5.41, 5.74) is 1.50. The van der Waals surface area contributed by atoms with Crippen LogP contribution in [0.2, 0.25) is 0 Å². The molecule has 0 aromatic carbocycles. The molecule has 4 rings (SSSR count). The summed E-state index contributed by atoms with van der Waals surface area (Å²) in [5.74, 6) is -0.0430. The molecule has 1 N–H and O–H groups in total. The summed E-state index contributed by atoms with van der Waals surface area (Å²) in [5, 5.41) is 9.92. The summed E-state index contributed by atoms with van der Waals surface area (Å²) in [4.78, 5) is 22.1. The number of piperidine rings is 1. The van der Waals surface area contributed by atoms with Gasteiger partial charge in [0, 0.05) is 44.3 Å². The maximum atomic E-state index is 13.3. The van der Waals surface area contributed by atoms with Gasteiger partial charge >= 0.3 is 0 Å². The van der Waals surface area contributed by atoms with Crippen LogP contribution in [0.1, 0.15) is 41.4 Å². The second-order valence-corrected chi connectivity index (χ2v) is 8.31. The summed E-state index contributed by atoms with van der Waals surface area (Å²) in [6.45, 7) is 4.14.